The third kappa shape index (κ3) is 6.86. The lowest BCUT2D eigenvalue weighted by Gasteiger charge is -2.21. The van der Waals surface area contributed by atoms with Crippen molar-refractivity contribution in [1.29, 1.82) is 0 Å². The van der Waals surface area contributed by atoms with Crippen LogP contribution in [0.3, 0.4) is 0 Å². The third-order valence-electron chi connectivity index (χ3n) is 5.43. The molecule has 0 saturated carbocycles. The van der Waals surface area contributed by atoms with Crippen LogP contribution in [0, 0.1) is 0 Å². The number of nitrogens with one attached hydrogen (secondary N) is 1. The summed E-state index contributed by atoms with van der Waals surface area (Å²) in [4.78, 5) is 0. The highest BCUT2D eigenvalue weighted by atomic mass is 16.5. The molecule has 1 atom stereocenters. The Morgan fingerprint density at radius 1 is 0.788 bits per heavy atom. The van der Waals surface area contributed by atoms with Gasteiger partial charge in [-0.1, -0.05) is 24.3 Å². The summed E-state index contributed by atoms with van der Waals surface area (Å²) in [5.74, 6) is 2.15. The molecule has 0 aliphatic rings. The first-order valence-corrected chi connectivity index (χ1v) is 10.8. The Hall–Kier alpha value is -3.26. The van der Waals surface area contributed by atoms with Gasteiger partial charge in [-0.05, 0) is 53.6 Å². The van der Waals surface area contributed by atoms with Gasteiger partial charge in [-0.3, -0.25) is 0 Å². The van der Waals surface area contributed by atoms with Crippen LogP contribution >= 0.6 is 0 Å². The highest BCUT2D eigenvalue weighted by molar-refractivity contribution is 5.39. The quantitative estimate of drug-likeness (QED) is 0.334. The van der Waals surface area contributed by atoms with Gasteiger partial charge in [0.1, 0.15) is 35.7 Å². The minimum Gasteiger partial charge on any atom is -0.508 e. The van der Waals surface area contributed by atoms with Crippen LogP contribution in [0.4, 0.5) is 0 Å². The molecule has 0 aliphatic carbocycles. The van der Waals surface area contributed by atoms with Crippen molar-refractivity contribution >= 4 is 0 Å². The van der Waals surface area contributed by atoms with E-state index in [1.807, 2.05) is 48.5 Å². The van der Waals surface area contributed by atoms with E-state index in [9.17, 15) is 15.3 Å². The van der Waals surface area contributed by atoms with Crippen LogP contribution in [0.1, 0.15) is 22.6 Å². The summed E-state index contributed by atoms with van der Waals surface area (Å²) in [6.45, 7) is 0.751. The predicted octanol–water partition coefficient (Wildman–Crippen LogP) is 3.06. The van der Waals surface area contributed by atoms with Crippen LogP contribution in [0.25, 0.3) is 0 Å². The number of aliphatic hydroxyl groups is 2. The van der Waals surface area contributed by atoms with E-state index in [1.54, 1.807) is 26.4 Å². The number of phenols is 1. The minimum atomic E-state index is -0.733. The van der Waals surface area contributed by atoms with E-state index < -0.39 is 6.10 Å². The van der Waals surface area contributed by atoms with Gasteiger partial charge in [0, 0.05) is 24.6 Å². The summed E-state index contributed by atoms with van der Waals surface area (Å²) in [6, 6.07) is 20.5. The molecule has 0 heterocycles. The Balaban J connectivity index is 1.60. The highest BCUT2D eigenvalue weighted by Gasteiger charge is 2.16. The largest absolute Gasteiger partial charge is 0.508 e. The maximum Gasteiger partial charge on any atom is 0.121 e. The lowest BCUT2D eigenvalue weighted by Crippen LogP contribution is -2.34. The molecule has 33 heavy (non-hydrogen) atoms. The molecule has 3 aromatic rings. The summed E-state index contributed by atoms with van der Waals surface area (Å²) in [5, 5.41) is 32.6. The van der Waals surface area contributed by atoms with E-state index >= 15 is 0 Å². The molecular weight excluding hydrogens is 422 g/mol. The molecule has 0 fully saturated rings. The lowest BCUT2D eigenvalue weighted by atomic mass is 9.91. The van der Waals surface area contributed by atoms with Crippen LogP contribution in [0.15, 0.2) is 66.7 Å². The van der Waals surface area contributed by atoms with Gasteiger partial charge in [-0.2, -0.15) is 0 Å². The Bertz CT molecular complexity index is 943. The van der Waals surface area contributed by atoms with Crippen molar-refractivity contribution in [2.75, 3.05) is 33.9 Å². The van der Waals surface area contributed by atoms with Gasteiger partial charge < -0.3 is 34.8 Å². The molecule has 7 heteroatoms. The summed E-state index contributed by atoms with van der Waals surface area (Å²) in [6.07, 6.45) is -0.733. The highest BCUT2D eigenvalue weighted by Crippen LogP contribution is 2.27. The van der Waals surface area contributed by atoms with Crippen LogP contribution in [0.2, 0.25) is 0 Å². The zero-order chi connectivity index (χ0) is 23.6. The summed E-state index contributed by atoms with van der Waals surface area (Å²) >= 11 is 0. The average molecular weight is 454 g/mol. The fourth-order valence-electron chi connectivity index (χ4n) is 3.52. The summed E-state index contributed by atoms with van der Waals surface area (Å²) < 4.78 is 16.2. The second-order valence-corrected chi connectivity index (χ2v) is 7.67. The van der Waals surface area contributed by atoms with Crippen LogP contribution in [-0.4, -0.2) is 55.3 Å². The van der Waals surface area contributed by atoms with Gasteiger partial charge in [0.2, 0.25) is 0 Å². The normalized spacial score (nSPS) is 11.9. The molecule has 0 aliphatic heterocycles. The standard InChI is InChI=1S/C26H31NO6/c1-31-22-7-3-18(4-8-22)25(19-5-9-23(32-2)10-6-19)15-27-14-21(29)17-33-24-11-12-26(30)20(13-24)16-28/h3-13,21,25,27-30H,14-17H2,1-2H3/t21-/m0/s1. The van der Waals surface area contributed by atoms with Crippen LogP contribution < -0.4 is 19.5 Å². The maximum absolute atomic E-state index is 10.4. The van der Waals surface area contributed by atoms with Crippen molar-refractivity contribution < 1.29 is 29.5 Å². The number of benzene rings is 3. The zero-order valence-corrected chi connectivity index (χ0v) is 18.9. The maximum atomic E-state index is 10.4. The van der Waals surface area contributed by atoms with E-state index in [2.05, 4.69) is 5.32 Å². The van der Waals surface area contributed by atoms with Gasteiger partial charge in [0.25, 0.3) is 0 Å². The minimum absolute atomic E-state index is 0.00942. The molecule has 0 unspecified atom stereocenters. The van der Waals surface area contributed by atoms with Crippen LogP contribution in [0.5, 0.6) is 23.0 Å². The van der Waals surface area contributed by atoms with Crippen molar-refractivity contribution in [3.05, 3.63) is 83.4 Å². The van der Waals surface area contributed by atoms with Gasteiger partial charge in [0.05, 0.1) is 20.8 Å². The first-order chi connectivity index (χ1) is 16.0. The summed E-state index contributed by atoms with van der Waals surface area (Å²) in [7, 11) is 3.29. The fourth-order valence-corrected chi connectivity index (χ4v) is 3.52. The van der Waals surface area contributed by atoms with E-state index in [1.165, 1.54) is 6.07 Å². The zero-order valence-electron chi connectivity index (χ0n) is 18.9. The van der Waals surface area contributed by atoms with Crippen LogP contribution in [-0.2, 0) is 6.61 Å². The molecule has 0 aromatic heterocycles. The van der Waals surface area contributed by atoms with E-state index in [4.69, 9.17) is 14.2 Å². The number of ether oxygens (including phenoxy) is 3. The Kier molecular flexibility index (Phi) is 8.95. The van der Waals surface area contributed by atoms with Crippen molar-refractivity contribution in [3.63, 3.8) is 0 Å². The first kappa shape index (κ1) is 24.4. The number of methoxy groups -OCH3 is 2. The summed E-state index contributed by atoms with van der Waals surface area (Å²) in [5.41, 5.74) is 2.63. The van der Waals surface area contributed by atoms with Gasteiger partial charge in [0.15, 0.2) is 0 Å². The third-order valence-corrected chi connectivity index (χ3v) is 5.43. The van der Waals surface area contributed by atoms with Gasteiger partial charge in [-0.25, -0.2) is 0 Å². The molecule has 4 N–H and O–H groups in total. The van der Waals surface area contributed by atoms with Crippen molar-refractivity contribution in [1.82, 2.24) is 5.32 Å². The fraction of sp³-hybridized carbons (Fsp3) is 0.308. The van der Waals surface area contributed by atoms with E-state index in [0.29, 0.717) is 24.4 Å². The van der Waals surface area contributed by atoms with E-state index in [-0.39, 0.29) is 24.9 Å². The SMILES string of the molecule is COc1ccc(C(CNC[C@H](O)COc2ccc(O)c(CO)c2)c2ccc(OC)cc2)cc1. The Morgan fingerprint density at radius 2 is 1.33 bits per heavy atom. The number of hydrogen-bond acceptors (Lipinski definition) is 7. The van der Waals surface area contributed by atoms with Gasteiger partial charge in [-0.15, -0.1) is 0 Å². The molecule has 0 radical (unpaired) electrons. The predicted molar refractivity (Wildman–Crippen MR) is 126 cm³/mol. The van der Waals surface area contributed by atoms with Crippen molar-refractivity contribution in [3.8, 4) is 23.0 Å². The van der Waals surface area contributed by atoms with Crippen molar-refractivity contribution in [2.45, 2.75) is 18.6 Å². The molecule has 7 nitrogen and oxygen atoms in total. The molecule has 0 bridgehead atoms. The molecular formula is C26H31NO6. The lowest BCUT2D eigenvalue weighted by molar-refractivity contribution is 0.106. The molecule has 0 spiro atoms. The molecule has 176 valence electrons. The Labute approximate surface area is 194 Å². The molecule has 0 saturated heterocycles. The van der Waals surface area contributed by atoms with Crippen molar-refractivity contribution in [2.24, 2.45) is 0 Å². The first-order valence-electron chi connectivity index (χ1n) is 10.8. The van der Waals surface area contributed by atoms with Gasteiger partial charge >= 0.3 is 0 Å². The van der Waals surface area contributed by atoms with E-state index in [0.717, 1.165) is 22.6 Å². The second kappa shape index (κ2) is 12.1. The molecule has 3 rings (SSSR count). The Morgan fingerprint density at radius 3 is 1.85 bits per heavy atom. The number of hydrogen-bond donors (Lipinski definition) is 4. The smallest absolute Gasteiger partial charge is 0.121 e. The molecule has 0 amide bonds. The molecule has 3 aromatic carbocycles. The number of rotatable bonds is 12. The number of aromatic hydroxyl groups is 1. The topological polar surface area (TPSA) is 100 Å². The monoisotopic (exact) mass is 453 g/mol. The average Bonchev–Trinajstić information content (AvgIpc) is 2.86. The second-order valence-electron chi connectivity index (χ2n) is 7.67. The number of aliphatic hydroxyl groups excluding tert-OH is 2.